The predicted octanol–water partition coefficient (Wildman–Crippen LogP) is 3.31. The second-order valence-electron chi connectivity index (χ2n) is 7.67. The van der Waals surface area contributed by atoms with E-state index in [2.05, 4.69) is 14.8 Å². The van der Waals surface area contributed by atoms with Gasteiger partial charge in [0, 0.05) is 29.4 Å². The number of nitrogens with two attached hydrogens (primary N) is 1. The molecular formula is C23H21F3N4O4. The van der Waals surface area contributed by atoms with Crippen molar-refractivity contribution in [1.82, 2.24) is 14.8 Å². The Labute approximate surface area is 192 Å². The first-order valence-corrected chi connectivity index (χ1v) is 10.5. The third-order valence-corrected chi connectivity index (χ3v) is 5.51. The molecule has 11 heteroatoms. The number of benzene rings is 1. The summed E-state index contributed by atoms with van der Waals surface area (Å²) < 4.78 is 48.6. The molecule has 0 unspecified atom stereocenters. The minimum absolute atomic E-state index is 0.172. The number of rotatable bonds is 6. The van der Waals surface area contributed by atoms with Crippen LogP contribution in [0, 0.1) is 0 Å². The molecular weight excluding hydrogens is 453 g/mol. The molecule has 0 fully saturated rings. The molecule has 0 radical (unpaired) electrons. The fraction of sp³-hybridized carbons (Fsp3) is 0.304. The first kappa shape index (κ1) is 23.4. The molecule has 0 bridgehead atoms. The van der Waals surface area contributed by atoms with E-state index in [1.54, 1.807) is 25.4 Å². The van der Waals surface area contributed by atoms with E-state index in [9.17, 15) is 22.8 Å². The Bertz CT molecular complexity index is 1240. The molecule has 178 valence electrons. The number of hydrogen-bond donors (Lipinski definition) is 1. The number of esters is 2. The Morgan fingerprint density at radius 3 is 2.56 bits per heavy atom. The Morgan fingerprint density at radius 1 is 1.18 bits per heavy atom. The molecule has 1 aromatic carbocycles. The largest absolute Gasteiger partial charge is 0.497 e. The molecule has 34 heavy (non-hydrogen) atoms. The van der Waals surface area contributed by atoms with Gasteiger partial charge >= 0.3 is 18.1 Å². The number of halogens is 3. The average molecular weight is 474 g/mol. The zero-order valence-corrected chi connectivity index (χ0v) is 18.2. The summed E-state index contributed by atoms with van der Waals surface area (Å²) in [7, 11) is 1.57. The fourth-order valence-electron chi connectivity index (χ4n) is 3.86. The lowest BCUT2D eigenvalue weighted by Crippen LogP contribution is -2.29. The molecule has 4 rings (SSSR count). The number of pyridine rings is 1. The molecule has 1 aliphatic carbocycles. The van der Waals surface area contributed by atoms with Crippen molar-refractivity contribution in [3.05, 3.63) is 53.3 Å². The lowest BCUT2D eigenvalue weighted by atomic mass is 9.89. The van der Waals surface area contributed by atoms with E-state index >= 15 is 0 Å². The van der Waals surface area contributed by atoms with E-state index in [4.69, 9.17) is 10.5 Å². The quantitative estimate of drug-likeness (QED) is 0.431. The molecule has 1 aliphatic rings. The molecule has 8 nitrogen and oxygen atoms in total. The molecule has 0 atom stereocenters. The van der Waals surface area contributed by atoms with Gasteiger partial charge in [-0.05, 0) is 61.7 Å². The number of aromatic nitrogens is 3. The summed E-state index contributed by atoms with van der Waals surface area (Å²) in [5, 5.41) is 4.50. The van der Waals surface area contributed by atoms with Crippen molar-refractivity contribution in [1.29, 1.82) is 0 Å². The monoisotopic (exact) mass is 474 g/mol. The number of ether oxygens (including phenoxy) is 2. The van der Waals surface area contributed by atoms with Crippen molar-refractivity contribution in [3.8, 4) is 28.3 Å². The van der Waals surface area contributed by atoms with E-state index in [-0.39, 0.29) is 18.8 Å². The summed E-state index contributed by atoms with van der Waals surface area (Å²) in [4.78, 5) is 28.4. The SMILES string of the molecule is COc1ccc(-c2cc3c(cn2)CCc2c-3nn(CCCN)c2C(=O)OC(=O)C(F)(F)F)cc1. The fourth-order valence-corrected chi connectivity index (χ4v) is 3.86. The number of carbonyl (C=O) groups excluding carboxylic acids is 2. The van der Waals surface area contributed by atoms with Gasteiger partial charge in [0.2, 0.25) is 0 Å². The first-order chi connectivity index (χ1) is 16.2. The topological polar surface area (TPSA) is 109 Å². The Morgan fingerprint density at radius 2 is 1.91 bits per heavy atom. The molecule has 3 aromatic rings. The third kappa shape index (κ3) is 4.51. The summed E-state index contributed by atoms with van der Waals surface area (Å²) in [5.74, 6) is -3.26. The number of methoxy groups -OCH3 is 1. The van der Waals surface area contributed by atoms with Crippen molar-refractivity contribution >= 4 is 11.9 Å². The van der Waals surface area contributed by atoms with Gasteiger partial charge in [-0.2, -0.15) is 18.3 Å². The van der Waals surface area contributed by atoms with Crippen LogP contribution in [0.4, 0.5) is 13.2 Å². The van der Waals surface area contributed by atoms with Gasteiger partial charge in [0.15, 0.2) is 5.69 Å². The first-order valence-electron chi connectivity index (χ1n) is 10.5. The molecule has 0 amide bonds. The number of aryl methyl sites for hydroxylation is 2. The van der Waals surface area contributed by atoms with E-state index in [1.807, 2.05) is 18.2 Å². The van der Waals surface area contributed by atoms with Crippen molar-refractivity contribution in [3.63, 3.8) is 0 Å². The molecule has 2 aromatic heterocycles. The van der Waals surface area contributed by atoms with Crippen LogP contribution in [0.2, 0.25) is 0 Å². The van der Waals surface area contributed by atoms with Gasteiger partial charge < -0.3 is 15.2 Å². The van der Waals surface area contributed by atoms with Gasteiger partial charge in [-0.1, -0.05) is 0 Å². The van der Waals surface area contributed by atoms with Gasteiger partial charge in [-0.3, -0.25) is 9.67 Å². The zero-order valence-electron chi connectivity index (χ0n) is 18.2. The maximum atomic E-state index is 12.7. The minimum Gasteiger partial charge on any atom is -0.497 e. The minimum atomic E-state index is -5.29. The second kappa shape index (κ2) is 9.26. The zero-order chi connectivity index (χ0) is 24.5. The van der Waals surface area contributed by atoms with Crippen LogP contribution in [0.1, 0.15) is 28.0 Å². The van der Waals surface area contributed by atoms with E-state index in [0.717, 1.165) is 11.1 Å². The van der Waals surface area contributed by atoms with Gasteiger partial charge in [-0.25, -0.2) is 9.59 Å². The Balaban J connectivity index is 1.76. The summed E-state index contributed by atoms with van der Waals surface area (Å²) in [6.45, 7) is 0.461. The molecule has 0 saturated heterocycles. The Kier molecular flexibility index (Phi) is 6.38. The number of nitrogens with zero attached hydrogens (tertiary/aromatic N) is 3. The number of fused-ring (bicyclic) bond motifs is 3. The summed E-state index contributed by atoms with van der Waals surface area (Å²) >= 11 is 0. The summed E-state index contributed by atoms with van der Waals surface area (Å²) in [6.07, 6.45) is -2.31. The normalized spacial score (nSPS) is 12.6. The van der Waals surface area contributed by atoms with Crippen LogP contribution in [0.15, 0.2) is 36.5 Å². The molecule has 0 saturated carbocycles. The van der Waals surface area contributed by atoms with Crippen LogP contribution in [-0.4, -0.2) is 46.5 Å². The highest BCUT2D eigenvalue weighted by atomic mass is 19.4. The standard InChI is InChI=1S/C23H21F3N4O4/c1-33-15-6-3-13(4-7-15)18-11-17-14(12-28-18)5-8-16-19(17)29-30(10-2-9-27)20(16)21(31)34-22(32)23(24,25)26/h3-4,6-7,11-12H,2,5,8-10,27H2,1H3. The number of carbonyl (C=O) groups is 2. The lowest BCUT2D eigenvalue weighted by Gasteiger charge is -2.16. The van der Waals surface area contributed by atoms with Crippen LogP contribution < -0.4 is 10.5 Å². The van der Waals surface area contributed by atoms with Crippen molar-refractivity contribution < 1.29 is 32.2 Å². The maximum absolute atomic E-state index is 12.7. The second-order valence-corrected chi connectivity index (χ2v) is 7.67. The van der Waals surface area contributed by atoms with Crippen LogP contribution >= 0.6 is 0 Å². The van der Waals surface area contributed by atoms with Gasteiger partial charge in [0.25, 0.3) is 0 Å². The highest BCUT2D eigenvalue weighted by molar-refractivity contribution is 5.99. The van der Waals surface area contributed by atoms with E-state index in [1.165, 1.54) is 4.68 Å². The van der Waals surface area contributed by atoms with E-state index in [0.29, 0.717) is 47.5 Å². The van der Waals surface area contributed by atoms with Gasteiger partial charge in [-0.15, -0.1) is 0 Å². The maximum Gasteiger partial charge on any atom is 0.491 e. The van der Waals surface area contributed by atoms with Crippen molar-refractivity contribution in [2.45, 2.75) is 32.0 Å². The third-order valence-electron chi connectivity index (χ3n) is 5.51. The summed E-state index contributed by atoms with van der Waals surface area (Å²) in [6, 6.07) is 9.13. The summed E-state index contributed by atoms with van der Waals surface area (Å²) in [5.41, 5.74) is 9.35. The molecule has 0 aliphatic heterocycles. The smallest absolute Gasteiger partial charge is 0.491 e. The van der Waals surface area contributed by atoms with Crippen molar-refractivity contribution in [2.75, 3.05) is 13.7 Å². The molecule has 2 N–H and O–H groups in total. The molecule has 2 heterocycles. The van der Waals surface area contributed by atoms with Gasteiger partial charge in [0.05, 0.1) is 18.5 Å². The van der Waals surface area contributed by atoms with Crippen LogP contribution in [0.5, 0.6) is 5.75 Å². The Hall–Kier alpha value is -3.73. The number of alkyl halides is 3. The highest BCUT2D eigenvalue weighted by Crippen LogP contribution is 2.37. The van der Waals surface area contributed by atoms with Crippen LogP contribution in [-0.2, 0) is 28.9 Å². The van der Waals surface area contributed by atoms with Crippen LogP contribution in [0.25, 0.3) is 22.5 Å². The number of hydrogen-bond acceptors (Lipinski definition) is 7. The highest BCUT2D eigenvalue weighted by Gasteiger charge is 2.43. The van der Waals surface area contributed by atoms with Crippen LogP contribution in [0.3, 0.4) is 0 Å². The average Bonchev–Trinajstić information content (AvgIpc) is 3.20. The lowest BCUT2D eigenvalue weighted by molar-refractivity contribution is -0.193. The predicted molar refractivity (Wildman–Crippen MR) is 115 cm³/mol. The van der Waals surface area contributed by atoms with Gasteiger partial charge in [0.1, 0.15) is 5.75 Å². The van der Waals surface area contributed by atoms with E-state index < -0.39 is 18.1 Å². The van der Waals surface area contributed by atoms with Crippen molar-refractivity contribution in [2.24, 2.45) is 5.73 Å². The molecule has 0 spiro atoms.